The van der Waals surface area contributed by atoms with Gasteiger partial charge in [0.05, 0.1) is 0 Å². The summed E-state index contributed by atoms with van der Waals surface area (Å²) in [6.07, 6.45) is 18.1. The van der Waals surface area contributed by atoms with Crippen LogP contribution in [0.5, 0.6) is 0 Å². The van der Waals surface area contributed by atoms with Gasteiger partial charge >= 0.3 is 0 Å². The monoisotopic (exact) mass is 238 g/mol. The summed E-state index contributed by atoms with van der Waals surface area (Å²) in [5.41, 5.74) is 0. The minimum absolute atomic E-state index is 0.971. The van der Waals surface area contributed by atoms with Crippen LogP contribution in [-0.4, -0.2) is 13.2 Å². The molecule has 0 aromatic rings. The van der Waals surface area contributed by atoms with Crippen LogP contribution >= 0.6 is 0 Å². The first-order valence-corrected chi connectivity index (χ1v) is 7.62. The van der Waals surface area contributed by atoms with Gasteiger partial charge in [0.25, 0.3) is 0 Å². The molecule has 0 N–H and O–H groups in total. The van der Waals surface area contributed by atoms with Gasteiger partial charge in [-0.1, -0.05) is 50.7 Å². The summed E-state index contributed by atoms with van der Waals surface area (Å²) in [5.74, 6) is 0.971. The summed E-state index contributed by atoms with van der Waals surface area (Å²) in [6, 6.07) is 0. The topological polar surface area (TPSA) is 9.23 Å². The minimum atomic E-state index is 0.971. The number of hydrogen-bond donors (Lipinski definition) is 0. The summed E-state index contributed by atoms with van der Waals surface area (Å²) >= 11 is 0. The summed E-state index contributed by atoms with van der Waals surface area (Å²) in [6.45, 7) is 4.07. The van der Waals surface area contributed by atoms with E-state index in [4.69, 9.17) is 4.74 Å². The van der Waals surface area contributed by atoms with Crippen LogP contribution in [0.15, 0.2) is 12.2 Å². The quantitative estimate of drug-likeness (QED) is 0.400. The molecule has 0 radical (unpaired) electrons. The molecule has 17 heavy (non-hydrogen) atoms. The predicted octanol–water partition coefficient (Wildman–Crippen LogP) is 5.11. The van der Waals surface area contributed by atoms with E-state index < -0.39 is 0 Å². The van der Waals surface area contributed by atoms with E-state index in [-0.39, 0.29) is 0 Å². The Morgan fingerprint density at radius 1 is 1.00 bits per heavy atom. The molecular weight excluding hydrogens is 208 g/mol. The van der Waals surface area contributed by atoms with E-state index in [1.807, 2.05) is 0 Å². The van der Waals surface area contributed by atoms with Gasteiger partial charge in [-0.05, 0) is 38.5 Å². The Morgan fingerprint density at radius 3 is 2.59 bits per heavy atom. The Labute approximate surface area is 108 Å². The fourth-order valence-electron chi connectivity index (χ4n) is 2.64. The van der Waals surface area contributed by atoms with Crippen molar-refractivity contribution in [3.05, 3.63) is 12.2 Å². The highest BCUT2D eigenvalue weighted by atomic mass is 16.5. The van der Waals surface area contributed by atoms with Gasteiger partial charge in [0.2, 0.25) is 0 Å². The predicted molar refractivity (Wildman–Crippen MR) is 75.3 cm³/mol. The van der Waals surface area contributed by atoms with Crippen LogP contribution in [0.3, 0.4) is 0 Å². The molecule has 1 aliphatic carbocycles. The molecule has 0 spiro atoms. The van der Waals surface area contributed by atoms with Crippen LogP contribution in [0.4, 0.5) is 0 Å². The first-order chi connectivity index (χ1) is 8.43. The lowest BCUT2D eigenvalue weighted by Crippen LogP contribution is -2.09. The normalized spacial score (nSPS) is 17.9. The van der Waals surface area contributed by atoms with Gasteiger partial charge in [-0.3, -0.25) is 0 Å². The molecule has 0 aromatic heterocycles. The van der Waals surface area contributed by atoms with E-state index in [0.29, 0.717) is 0 Å². The minimum Gasteiger partial charge on any atom is -0.381 e. The lowest BCUT2D eigenvalue weighted by atomic mass is 9.87. The Bertz CT molecular complexity index is 180. The lowest BCUT2D eigenvalue weighted by Gasteiger charge is -2.21. The zero-order chi connectivity index (χ0) is 12.2. The second-order valence-electron chi connectivity index (χ2n) is 5.32. The SMILES string of the molecule is CC=CCCCCCOCCC1CCCCC1. The molecule has 0 aliphatic heterocycles. The van der Waals surface area contributed by atoms with Crippen molar-refractivity contribution in [2.45, 2.75) is 71.1 Å². The maximum atomic E-state index is 5.72. The van der Waals surface area contributed by atoms with Gasteiger partial charge in [0.15, 0.2) is 0 Å². The molecule has 1 fully saturated rings. The van der Waals surface area contributed by atoms with Crippen LogP contribution < -0.4 is 0 Å². The van der Waals surface area contributed by atoms with Gasteiger partial charge in [0.1, 0.15) is 0 Å². The third-order valence-electron chi connectivity index (χ3n) is 3.79. The van der Waals surface area contributed by atoms with Gasteiger partial charge in [-0.15, -0.1) is 0 Å². The van der Waals surface area contributed by atoms with Crippen molar-refractivity contribution in [3.8, 4) is 0 Å². The maximum absolute atomic E-state index is 5.72. The Balaban J connectivity index is 1.77. The van der Waals surface area contributed by atoms with Gasteiger partial charge < -0.3 is 4.74 Å². The van der Waals surface area contributed by atoms with Crippen molar-refractivity contribution < 1.29 is 4.74 Å². The van der Waals surface area contributed by atoms with Crippen molar-refractivity contribution in [3.63, 3.8) is 0 Å². The molecular formula is C16H30O. The second kappa shape index (κ2) is 10.8. The third kappa shape index (κ3) is 8.43. The van der Waals surface area contributed by atoms with E-state index in [9.17, 15) is 0 Å². The highest BCUT2D eigenvalue weighted by Crippen LogP contribution is 2.26. The van der Waals surface area contributed by atoms with Crippen LogP contribution in [0.25, 0.3) is 0 Å². The summed E-state index contributed by atoms with van der Waals surface area (Å²) < 4.78 is 5.72. The number of hydrogen-bond acceptors (Lipinski definition) is 1. The number of allylic oxidation sites excluding steroid dienone is 2. The van der Waals surface area contributed by atoms with Gasteiger partial charge in [-0.2, -0.15) is 0 Å². The maximum Gasteiger partial charge on any atom is 0.0468 e. The molecule has 0 unspecified atom stereocenters. The molecule has 0 bridgehead atoms. The summed E-state index contributed by atoms with van der Waals surface area (Å²) in [4.78, 5) is 0. The fraction of sp³-hybridized carbons (Fsp3) is 0.875. The number of unbranched alkanes of at least 4 members (excludes halogenated alkanes) is 3. The van der Waals surface area contributed by atoms with Crippen LogP contribution in [-0.2, 0) is 4.74 Å². The van der Waals surface area contributed by atoms with Crippen molar-refractivity contribution >= 4 is 0 Å². The fourth-order valence-corrected chi connectivity index (χ4v) is 2.64. The van der Waals surface area contributed by atoms with E-state index in [2.05, 4.69) is 19.1 Å². The summed E-state index contributed by atoms with van der Waals surface area (Å²) in [5, 5.41) is 0. The average Bonchev–Trinajstić information content (AvgIpc) is 2.38. The second-order valence-corrected chi connectivity index (χ2v) is 5.32. The zero-order valence-corrected chi connectivity index (χ0v) is 11.6. The smallest absolute Gasteiger partial charge is 0.0468 e. The van der Waals surface area contributed by atoms with Crippen LogP contribution in [0, 0.1) is 5.92 Å². The molecule has 1 rings (SSSR count). The lowest BCUT2D eigenvalue weighted by molar-refractivity contribution is 0.110. The third-order valence-corrected chi connectivity index (χ3v) is 3.79. The first kappa shape index (κ1) is 14.8. The molecule has 1 nitrogen and oxygen atoms in total. The molecule has 0 heterocycles. The van der Waals surface area contributed by atoms with Gasteiger partial charge in [0, 0.05) is 13.2 Å². The van der Waals surface area contributed by atoms with Crippen molar-refractivity contribution in [2.24, 2.45) is 5.92 Å². The number of ether oxygens (including phenoxy) is 1. The van der Waals surface area contributed by atoms with E-state index >= 15 is 0 Å². The van der Waals surface area contributed by atoms with Crippen molar-refractivity contribution in [1.29, 1.82) is 0 Å². The largest absolute Gasteiger partial charge is 0.381 e. The first-order valence-electron chi connectivity index (χ1n) is 7.62. The zero-order valence-electron chi connectivity index (χ0n) is 11.6. The Kier molecular flexibility index (Phi) is 9.40. The molecule has 0 aromatic carbocycles. The van der Waals surface area contributed by atoms with Crippen molar-refractivity contribution in [2.75, 3.05) is 13.2 Å². The highest BCUT2D eigenvalue weighted by molar-refractivity contribution is 4.76. The Morgan fingerprint density at radius 2 is 1.82 bits per heavy atom. The molecule has 0 saturated heterocycles. The van der Waals surface area contributed by atoms with Gasteiger partial charge in [-0.25, -0.2) is 0 Å². The highest BCUT2D eigenvalue weighted by Gasteiger charge is 2.12. The Hall–Kier alpha value is -0.300. The molecule has 1 saturated carbocycles. The number of rotatable bonds is 9. The molecule has 1 heteroatoms. The van der Waals surface area contributed by atoms with Crippen LogP contribution in [0.2, 0.25) is 0 Å². The molecule has 0 amide bonds. The van der Waals surface area contributed by atoms with E-state index in [1.54, 1.807) is 0 Å². The molecule has 100 valence electrons. The standard InChI is InChI=1S/C16H30O/c1-2-3-4-5-6-10-14-17-15-13-16-11-8-7-9-12-16/h2-3,16H,4-15H2,1H3. The molecule has 1 aliphatic rings. The van der Waals surface area contributed by atoms with E-state index in [1.165, 1.54) is 64.2 Å². The van der Waals surface area contributed by atoms with Crippen LogP contribution in [0.1, 0.15) is 71.1 Å². The van der Waals surface area contributed by atoms with Crippen molar-refractivity contribution in [1.82, 2.24) is 0 Å². The summed E-state index contributed by atoms with van der Waals surface area (Å²) in [7, 11) is 0. The van der Waals surface area contributed by atoms with E-state index in [0.717, 1.165) is 19.1 Å². The molecule has 0 atom stereocenters. The average molecular weight is 238 g/mol.